The summed E-state index contributed by atoms with van der Waals surface area (Å²) in [6, 6.07) is 12.6. The van der Waals surface area contributed by atoms with Crippen molar-refractivity contribution in [1.29, 1.82) is 0 Å². The Kier molecular flexibility index (Phi) is 5.64. The predicted molar refractivity (Wildman–Crippen MR) is 110 cm³/mol. The molecule has 3 aromatic rings. The molecule has 2 aromatic carbocycles. The summed E-state index contributed by atoms with van der Waals surface area (Å²) in [5.41, 5.74) is 7.74. The summed E-state index contributed by atoms with van der Waals surface area (Å²) >= 11 is 0. The Morgan fingerprint density at radius 1 is 1.17 bits per heavy atom. The number of nitrogens with zero attached hydrogens (tertiary/aromatic N) is 4. The molecule has 0 bridgehead atoms. The molecule has 1 aliphatic heterocycles. The van der Waals surface area contributed by atoms with Gasteiger partial charge in [0.1, 0.15) is 11.5 Å². The summed E-state index contributed by atoms with van der Waals surface area (Å²) < 4.78 is 12.1. The second-order valence-corrected chi connectivity index (χ2v) is 6.98. The lowest BCUT2D eigenvalue weighted by Gasteiger charge is -2.26. The van der Waals surface area contributed by atoms with Crippen LogP contribution in [0.4, 0.5) is 0 Å². The maximum atomic E-state index is 12.0. The number of carbonyl (C=O) groups excluding carboxylic acids is 1. The van der Waals surface area contributed by atoms with Crippen LogP contribution in [-0.2, 0) is 11.3 Å². The fourth-order valence-electron chi connectivity index (χ4n) is 3.46. The maximum absolute atomic E-state index is 12.0. The molecule has 0 spiro atoms. The molecule has 2 heterocycles. The molecule has 0 saturated carbocycles. The standard InChI is InChI=1S/C21H23N5O4/c1-29-16-6-7-17(18(27)12-16)20-23-24-21(19(22)28)26(20)15-4-2-14(3-5-15)13-25-8-10-30-11-9-25/h2-7,12,27H,8-11,13H2,1H3,(H2,22,28). The van der Waals surface area contributed by atoms with Gasteiger partial charge in [0.2, 0.25) is 5.82 Å². The van der Waals surface area contributed by atoms with Gasteiger partial charge in [-0.2, -0.15) is 0 Å². The van der Waals surface area contributed by atoms with Crippen LogP contribution in [0.3, 0.4) is 0 Å². The largest absolute Gasteiger partial charge is 0.507 e. The number of amides is 1. The lowest BCUT2D eigenvalue weighted by Crippen LogP contribution is -2.35. The first-order valence-corrected chi connectivity index (χ1v) is 9.59. The molecule has 1 amide bonds. The van der Waals surface area contributed by atoms with Gasteiger partial charge in [0.15, 0.2) is 5.82 Å². The third kappa shape index (κ3) is 3.98. The summed E-state index contributed by atoms with van der Waals surface area (Å²) in [4.78, 5) is 14.3. The predicted octanol–water partition coefficient (Wildman–Crippen LogP) is 1.58. The molecule has 4 rings (SSSR count). The Morgan fingerprint density at radius 2 is 1.90 bits per heavy atom. The topological polar surface area (TPSA) is 116 Å². The van der Waals surface area contributed by atoms with E-state index in [1.807, 2.05) is 24.3 Å². The molecule has 0 aliphatic carbocycles. The summed E-state index contributed by atoms with van der Waals surface area (Å²) in [5, 5.41) is 18.5. The average Bonchev–Trinajstić information content (AvgIpc) is 3.20. The number of ether oxygens (including phenoxy) is 2. The van der Waals surface area contributed by atoms with Gasteiger partial charge < -0.3 is 20.3 Å². The molecule has 9 heteroatoms. The molecule has 156 valence electrons. The van der Waals surface area contributed by atoms with E-state index in [0.717, 1.165) is 38.4 Å². The van der Waals surface area contributed by atoms with Gasteiger partial charge in [-0.3, -0.25) is 14.3 Å². The van der Waals surface area contributed by atoms with Crippen LogP contribution in [0.2, 0.25) is 0 Å². The van der Waals surface area contributed by atoms with Crippen LogP contribution in [0.5, 0.6) is 11.5 Å². The van der Waals surface area contributed by atoms with E-state index >= 15 is 0 Å². The maximum Gasteiger partial charge on any atom is 0.287 e. The van der Waals surface area contributed by atoms with E-state index in [0.29, 0.717) is 22.8 Å². The molecule has 1 fully saturated rings. The quantitative estimate of drug-likeness (QED) is 0.635. The lowest BCUT2D eigenvalue weighted by molar-refractivity contribution is 0.0342. The molecule has 0 atom stereocenters. The van der Waals surface area contributed by atoms with Gasteiger partial charge in [-0.05, 0) is 29.8 Å². The van der Waals surface area contributed by atoms with Crippen LogP contribution in [0, 0.1) is 0 Å². The van der Waals surface area contributed by atoms with Crippen molar-refractivity contribution in [2.24, 2.45) is 5.73 Å². The van der Waals surface area contributed by atoms with Crippen molar-refractivity contribution in [3.8, 4) is 28.6 Å². The van der Waals surface area contributed by atoms with E-state index in [9.17, 15) is 9.90 Å². The third-order valence-corrected chi connectivity index (χ3v) is 5.03. The van der Waals surface area contributed by atoms with E-state index in [2.05, 4.69) is 15.1 Å². The molecule has 3 N–H and O–H groups in total. The number of morpholine rings is 1. The Bertz CT molecular complexity index is 1040. The van der Waals surface area contributed by atoms with Crippen LogP contribution in [-0.4, -0.2) is 64.1 Å². The number of methoxy groups -OCH3 is 1. The fraction of sp³-hybridized carbons (Fsp3) is 0.286. The monoisotopic (exact) mass is 409 g/mol. The van der Waals surface area contributed by atoms with Crippen LogP contribution in [0.25, 0.3) is 17.1 Å². The SMILES string of the molecule is COc1ccc(-c2nnc(C(N)=O)n2-c2ccc(CN3CCOCC3)cc2)c(O)c1. The van der Waals surface area contributed by atoms with E-state index in [1.165, 1.54) is 13.2 Å². The third-order valence-electron chi connectivity index (χ3n) is 5.03. The summed E-state index contributed by atoms with van der Waals surface area (Å²) in [6.07, 6.45) is 0. The van der Waals surface area contributed by atoms with E-state index < -0.39 is 5.91 Å². The first kappa shape index (κ1) is 19.9. The minimum atomic E-state index is -0.709. The summed E-state index contributed by atoms with van der Waals surface area (Å²) in [6.45, 7) is 4.12. The molecule has 1 aliphatic rings. The Balaban J connectivity index is 1.69. The molecule has 0 unspecified atom stereocenters. The highest BCUT2D eigenvalue weighted by Crippen LogP contribution is 2.33. The number of carbonyl (C=O) groups is 1. The van der Waals surface area contributed by atoms with Gasteiger partial charge in [0, 0.05) is 31.4 Å². The van der Waals surface area contributed by atoms with Crippen molar-refractivity contribution in [1.82, 2.24) is 19.7 Å². The number of hydrogen-bond donors (Lipinski definition) is 2. The molecule has 30 heavy (non-hydrogen) atoms. The zero-order valence-electron chi connectivity index (χ0n) is 16.6. The van der Waals surface area contributed by atoms with Gasteiger partial charge in [0.05, 0.1) is 25.9 Å². The minimum absolute atomic E-state index is 0.0128. The van der Waals surface area contributed by atoms with Crippen molar-refractivity contribution in [3.05, 3.63) is 53.9 Å². The van der Waals surface area contributed by atoms with Crippen molar-refractivity contribution in [2.45, 2.75) is 6.54 Å². The van der Waals surface area contributed by atoms with Crippen molar-refractivity contribution < 1.29 is 19.4 Å². The van der Waals surface area contributed by atoms with Gasteiger partial charge in [-0.25, -0.2) is 0 Å². The second kappa shape index (κ2) is 8.52. The zero-order chi connectivity index (χ0) is 21.1. The lowest BCUT2D eigenvalue weighted by atomic mass is 10.1. The number of nitrogens with two attached hydrogens (primary N) is 1. The van der Waals surface area contributed by atoms with Crippen molar-refractivity contribution in [2.75, 3.05) is 33.4 Å². The first-order valence-electron chi connectivity index (χ1n) is 9.59. The number of aromatic hydroxyl groups is 1. The highest BCUT2D eigenvalue weighted by Gasteiger charge is 2.21. The fourth-order valence-corrected chi connectivity index (χ4v) is 3.46. The number of rotatable bonds is 6. The molecular formula is C21H23N5O4. The first-order chi connectivity index (χ1) is 14.6. The number of aromatic nitrogens is 3. The number of phenols is 1. The second-order valence-electron chi connectivity index (χ2n) is 6.98. The molecule has 0 radical (unpaired) electrons. The normalized spacial score (nSPS) is 14.6. The number of phenolic OH excluding ortho intramolecular Hbond substituents is 1. The summed E-state index contributed by atoms with van der Waals surface area (Å²) in [7, 11) is 1.51. The molecular weight excluding hydrogens is 386 g/mol. The highest BCUT2D eigenvalue weighted by molar-refractivity contribution is 5.90. The highest BCUT2D eigenvalue weighted by atomic mass is 16.5. The van der Waals surface area contributed by atoms with Gasteiger partial charge in [0.25, 0.3) is 5.91 Å². The molecule has 1 saturated heterocycles. The summed E-state index contributed by atoms with van der Waals surface area (Å²) in [5.74, 6) is 0.0537. The zero-order valence-corrected chi connectivity index (χ0v) is 16.6. The number of benzene rings is 2. The van der Waals surface area contributed by atoms with E-state index in [-0.39, 0.29) is 11.6 Å². The van der Waals surface area contributed by atoms with Crippen LogP contribution < -0.4 is 10.5 Å². The van der Waals surface area contributed by atoms with Gasteiger partial charge >= 0.3 is 0 Å². The Hall–Kier alpha value is -3.43. The number of primary amides is 1. The van der Waals surface area contributed by atoms with Crippen molar-refractivity contribution >= 4 is 5.91 Å². The van der Waals surface area contributed by atoms with Crippen LogP contribution in [0.1, 0.15) is 16.2 Å². The van der Waals surface area contributed by atoms with Gasteiger partial charge in [-0.1, -0.05) is 12.1 Å². The van der Waals surface area contributed by atoms with Crippen LogP contribution >= 0.6 is 0 Å². The van der Waals surface area contributed by atoms with E-state index in [1.54, 1.807) is 16.7 Å². The molecule has 1 aromatic heterocycles. The van der Waals surface area contributed by atoms with Crippen LogP contribution in [0.15, 0.2) is 42.5 Å². The number of hydrogen-bond acceptors (Lipinski definition) is 7. The van der Waals surface area contributed by atoms with Gasteiger partial charge in [-0.15, -0.1) is 10.2 Å². The average molecular weight is 409 g/mol. The van der Waals surface area contributed by atoms with E-state index in [4.69, 9.17) is 15.2 Å². The Labute approximate surface area is 173 Å². The Morgan fingerprint density at radius 3 is 2.53 bits per heavy atom. The molecule has 9 nitrogen and oxygen atoms in total. The minimum Gasteiger partial charge on any atom is -0.507 e. The smallest absolute Gasteiger partial charge is 0.287 e. The van der Waals surface area contributed by atoms with Crippen molar-refractivity contribution in [3.63, 3.8) is 0 Å².